The van der Waals surface area contributed by atoms with Crippen LogP contribution in [0.25, 0.3) is 16.2 Å². The van der Waals surface area contributed by atoms with Gasteiger partial charge in [-0.3, -0.25) is 14.4 Å². The number of thiophene rings is 1. The second kappa shape index (κ2) is 13.8. The maximum atomic E-state index is 13.2. The average molecular weight is 619 g/mol. The van der Waals surface area contributed by atoms with Crippen molar-refractivity contribution in [2.75, 3.05) is 27.2 Å². The molecule has 0 radical (unpaired) electrons. The molecule has 1 aromatic heterocycles. The minimum absolute atomic E-state index is 0.0997. The van der Waals surface area contributed by atoms with Crippen molar-refractivity contribution in [3.63, 3.8) is 0 Å². The smallest absolute Gasteiger partial charge is 0.412 e. The van der Waals surface area contributed by atoms with Gasteiger partial charge < -0.3 is 25.0 Å². The van der Waals surface area contributed by atoms with Crippen LogP contribution in [0, 0.1) is 5.92 Å². The molecule has 216 valence electrons. The van der Waals surface area contributed by atoms with Crippen LogP contribution in [-0.4, -0.2) is 56.0 Å². The standard InChI is InChI=1S/C29H29Cl2N3O6S/c1-32-29(38)40-21-5-3-4-18(15-21)22(16-24(36)39-2)33-28(37)17-8-11-34(12-9-17)23(35)7-6-19-14-20-10-13-41-27(20)26(31)25(19)30/h3-7,10,13-15,17,22H,8-9,11-12,16H2,1-2H3,(H,32,38)(H,33,37)/b7-6+. The van der Waals surface area contributed by atoms with E-state index >= 15 is 0 Å². The Morgan fingerprint density at radius 1 is 1.12 bits per heavy atom. The van der Waals surface area contributed by atoms with Crippen LogP contribution in [0.2, 0.25) is 10.0 Å². The van der Waals surface area contributed by atoms with Gasteiger partial charge in [-0.15, -0.1) is 11.3 Å². The number of piperidine rings is 1. The molecule has 0 spiro atoms. The Labute approximate surface area is 251 Å². The molecular formula is C29H29Cl2N3O6S. The third kappa shape index (κ3) is 7.58. The monoisotopic (exact) mass is 617 g/mol. The zero-order valence-corrected chi connectivity index (χ0v) is 24.8. The van der Waals surface area contributed by atoms with Gasteiger partial charge in [-0.2, -0.15) is 0 Å². The van der Waals surface area contributed by atoms with Gasteiger partial charge in [0.2, 0.25) is 11.8 Å². The number of ether oxygens (including phenoxy) is 2. The molecule has 2 heterocycles. The molecule has 0 saturated carbocycles. The summed E-state index contributed by atoms with van der Waals surface area (Å²) in [5.41, 5.74) is 1.24. The number of esters is 1. The maximum absolute atomic E-state index is 13.2. The highest BCUT2D eigenvalue weighted by Crippen LogP contribution is 2.37. The van der Waals surface area contributed by atoms with E-state index in [0.29, 0.717) is 47.1 Å². The zero-order valence-electron chi connectivity index (χ0n) is 22.4. The molecule has 3 amide bonds. The molecule has 1 unspecified atom stereocenters. The number of hydrogen-bond donors (Lipinski definition) is 2. The predicted octanol–water partition coefficient (Wildman–Crippen LogP) is 5.60. The number of nitrogens with one attached hydrogen (secondary N) is 2. The lowest BCUT2D eigenvalue weighted by atomic mass is 9.94. The molecule has 1 fully saturated rings. The Morgan fingerprint density at radius 3 is 2.59 bits per heavy atom. The Hall–Kier alpha value is -3.60. The number of nitrogens with zero attached hydrogens (tertiary/aromatic N) is 1. The largest absolute Gasteiger partial charge is 0.469 e. The number of benzene rings is 2. The quantitative estimate of drug-likeness (QED) is 0.251. The van der Waals surface area contributed by atoms with Crippen molar-refractivity contribution in [2.24, 2.45) is 5.92 Å². The maximum Gasteiger partial charge on any atom is 0.412 e. The molecule has 1 aliphatic rings. The lowest BCUT2D eigenvalue weighted by molar-refractivity contribution is -0.141. The van der Waals surface area contributed by atoms with E-state index in [1.807, 2.05) is 17.5 Å². The number of fused-ring (bicyclic) bond motifs is 1. The van der Waals surface area contributed by atoms with Gasteiger partial charge >= 0.3 is 12.1 Å². The summed E-state index contributed by atoms with van der Waals surface area (Å²) in [5.74, 6) is -0.991. The van der Waals surface area contributed by atoms with E-state index in [1.165, 1.54) is 31.6 Å². The van der Waals surface area contributed by atoms with E-state index in [2.05, 4.69) is 10.6 Å². The molecule has 2 N–H and O–H groups in total. The fourth-order valence-corrected chi connectivity index (χ4v) is 6.00. The molecule has 9 nitrogen and oxygen atoms in total. The second-order valence-corrected chi connectivity index (χ2v) is 11.1. The second-order valence-electron chi connectivity index (χ2n) is 9.42. The topological polar surface area (TPSA) is 114 Å². The summed E-state index contributed by atoms with van der Waals surface area (Å²) < 4.78 is 10.9. The third-order valence-electron chi connectivity index (χ3n) is 6.83. The summed E-state index contributed by atoms with van der Waals surface area (Å²) in [4.78, 5) is 51.5. The van der Waals surface area contributed by atoms with Gasteiger partial charge in [0.15, 0.2) is 0 Å². The van der Waals surface area contributed by atoms with Crippen molar-refractivity contribution in [3.8, 4) is 5.75 Å². The van der Waals surface area contributed by atoms with E-state index in [9.17, 15) is 19.2 Å². The van der Waals surface area contributed by atoms with Gasteiger partial charge in [0.1, 0.15) is 5.75 Å². The number of carbonyl (C=O) groups excluding carboxylic acids is 4. The Balaban J connectivity index is 1.37. The first kappa shape index (κ1) is 30.4. The summed E-state index contributed by atoms with van der Waals surface area (Å²) in [6, 6.07) is 9.73. The van der Waals surface area contributed by atoms with Crippen molar-refractivity contribution in [2.45, 2.75) is 25.3 Å². The fraction of sp³-hybridized carbons (Fsp3) is 0.310. The average Bonchev–Trinajstić information content (AvgIpc) is 3.46. The van der Waals surface area contributed by atoms with Crippen LogP contribution < -0.4 is 15.4 Å². The SMILES string of the molecule is CNC(=O)Oc1cccc(C(CC(=O)OC)NC(=O)C2CCN(C(=O)/C=C/c3cc4ccsc4c(Cl)c3Cl)CC2)c1. The van der Waals surface area contributed by atoms with Gasteiger partial charge in [-0.1, -0.05) is 35.3 Å². The first-order chi connectivity index (χ1) is 19.7. The number of carbonyl (C=O) groups is 4. The van der Waals surface area contributed by atoms with Crippen LogP contribution in [0.1, 0.15) is 36.4 Å². The van der Waals surface area contributed by atoms with E-state index in [1.54, 1.807) is 35.2 Å². The number of hydrogen-bond acceptors (Lipinski definition) is 7. The normalized spacial score (nSPS) is 14.6. The number of rotatable bonds is 8. The highest BCUT2D eigenvalue weighted by molar-refractivity contribution is 7.18. The molecule has 1 atom stereocenters. The summed E-state index contributed by atoms with van der Waals surface area (Å²) in [6.07, 6.45) is 3.31. The minimum Gasteiger partial charge on any atom is -0.469 e. The molecule has 1 saturated heterocycles. The van der Waals surface area contributed by atoms with Gasteiger partial charge in [-0.05, 0) is 65.1 Å². The van der Waals surface area contributed by atoms with Crippen LogP contribution in [-0.2, 0) is 19.1 Å². The van der Waals surface area contributed by atoms with Crippen LogP contribution >= 0.6 is 34.5 Å². The predicted molar refractivity (Wildman–Crippen MR) is 159 cm³/mol. The highest BCUT2D eigenvalue weighted by Gasteiger charge is 2.29. The molecule has 0 aliphatic carbocycles. The van der Waals surface area contributed by atoms with Crippen molar-refractivity contribution in [1.82, 2.24) is 15.5 Å². The Bertz CT molecular complexity index is 1480. The number of likely N-dealkylation sites (tertiary alicyclic amines) is 1. The van der Waals surface area contributed by atoms with E-state index in [0.717, 1.165) is 10.1 Å². The minimum atomic E-state index is -0.692. The molecule has 0 bridgehead atoms. The first-order valence-corrected chi connectivity index (χ1v) is 14.5. The first-order valence-electron chi connectivity index (χ1n) is 12.9. The summed E-state index contributed by atoms with van der Waals surface area (Å²) in [5, 5.41) is 9.06. The third-order valence-corrected chi connectivity index (χ3v) is 8.77. The van der Waals surface area contributed by atoms with Crippen LogP contribution in [0.15, 0.2) is 47.9 Å². The van der Waals surface area contributed by atoms with Crippen LogP contribution in [0.3, 0.4) is 0 Å². The lowest BCUT2D eigenvalue weighted by Gasteiger charge is -2.31. The van der Waals surface area contributed by atoms with Crippen molar-refractivity contribution < 1.29 is 28.7 Å². The summed E-state index contributed by atoms with van der Waals surface area (Å²) >= 11 is 14.3. The molecule has 2 aromatic carbocycles. The Morgan fingerprint density at radius 2 is 1.88 bits per heavy atom. The van der Waals surface area contributed by atoms with Crippen molar-refractivity contribution in [3.05, 3.63) is 69.0 Å². The van der Waals surface area contributed by atoms with Gasteiger partial charge in [0.05, 0.1) is 34.3 Å². The fourth-order valence-electron chi connectivity index (χ4n) is 4.56. The van der Waals surface area contributed by atoms with E-state index < -0.39 is 18.1 Å². The highest BCUT2D eigenvalue weighted by atomic mass is 35.5. The molecular weight excluding hydrogens is 589 g/mol. The van der Waals surface area contributed by atoms with Gasteiger partial charge in [0.25, 0.3) is 0 Å². The molecule has 3 aromatic rings. The van der Waals surface area contributed by atoms with E-state index in [4.69, 9.17) is 32.7 Å². The van der Waals surface area contributed by atoms with Crippen molar-refractivity contribution in [1.29, 1.82) is 0 Å². The van der Waals surface area contributed by atoms with Gasteiger partial charge in [0, 0.05) is 32.1 Å². The zero-order chi connectivity index (χ0) is 29.5. The van der Waals surface area contributed by atoms with Gasteiger partial charge in [-0.25, -0.2) is 4.79 Å². The number of amides is 3. The van der Waals surface area contributed by atoms with Crippen LogP contribution in [0.4, 0.5) is 4.79 Å². The lowest BCUT2D eigenvalue weighted by Crippen LogP contribution is -2.43. The number of methoxy groups -OCH3 is 1. The number of halogens is 2. The summed E-state index contributed by atoms with van der Waals surface area (Å²) in [7, 11) is 2.72. The van der Waals surface area contributed by atoms with E-state index in [-0.39, 0.29) is 29.9 Å². The molecule has 12 heteroatoms. The van der Waals surface area contributed by atoms with Crippen molar-refractivity contribution >= 4 is 74.6 Å². The summed E-state index contributed by atoms with van der Waals surface area (Å²) in [6.45, 7) is 0.798. The van der Waals surface area contributed by atoms with Crippen LogP contribution in [0.5, 0.6) is 5.75 Å². The molecule has 1 aliphatic heterocycles. The Kier molecular flexibility index (Phi) is 10.3. The molecule has 4 rings (SSSR count). The molecule has 41 heavy (non-hydrogen) atoms.